The number of fused-ring (bicyclic) bond motifs is 5. The summed E-state index contributed by atoms with van der Waals surface area (Å²) in [6.45, 7) is 11.0. The number of aliphatic hydroxyl groups excluding tert-OH is 2. The molecule has 30 heavy (non-hydrogen) atoms. The van der Waals surface area contributed by atoms with Gasteiger partial charge in [-0.15, -0.1) is 0 Å². The first-order chi connectivity index (χ1) is 14.2. The molecule has 0 spiro atoms. The summed E-state index contributed by atoms with van der Waals surface area (Å²) in [6, 6.07) is 0.573. The Morgan fingerprint density at radius 1 is 1.07 bits per heavy atom. The zero-order valence-electron chi connectivity index (χ0n) is 19.7. The van der Waals surface area contributed by atoms with E-state index < -0.39 is 0 Å². The van der Waals surface area contributed by atoms with Crippen LogP contribution >= 0.6 is 0 Å². The third-order valence-corrected chi connectivity index (χ3v) is 11.1. The quantitative estimate of drug-likeness (QED) is 0.561. The Bertz CT molecular complexity index is 682. The molecule has 0 amide bonds. The van der Waals surface area contributed by atoms with Gasteiger partial charge in [-0.05, 0) is 111 Å². The van der Waals surface area contributed by atoms with Crippen molar-refractivity contribution >= 4 is 0 Å². The van der Waals surface area contributed by atoms with E-state index in [9.17, 15) is 10.2 Å². The second-order valence-corrected chi connectivity index (χ2v) is 12.6. The Morgan fingerprint density at radius 3 is 2.60 bits per heavy atom. The normalized spacial score (nSPS) is 54.5. The van der Waals surface area contributed by atoms with Crippen LogP contribution in [0, 0.1) is 46.3 Å². The second kappa shape index (κ2) is 7.59. The predicted octanol–water partition coefficient (Wildman–Crippen LogP) is 4.92. The van der Waals surface area contributed by atoms with Crippen LogP contribution in [-0.4, -0.2) is 35.0 Å². The molecule has 1 heterocycles. The molecule has 4 aliphatic carbocycles. The Kier molecular flexibility index (Phi) is 5.43. The molecular weight excluding hydrogens is 370 g/mol. The van der Waals surface area contributed by atoms with Gasteiger partial charge in [-0.2, -0.15) is 0 Å². The fraction of sp³-hybridized carbons (Fsp3) is 0.926. The van der Waals surface area contributed by atoms with Gasteiger partial charge < -0.3 is 15.5 Å². The first kappa shape index (κ1) is 21.5. The Morgan fingerprint density at radius 2 is 1.87 bits per heavy atom. The van der Waals surface area contributed by atoms with Crippen LogP contribution in [0.3, 0.4) is 0 Å². The van der Waals surface area contributed by atoms with Crippen molar-refractivity contribution in [2.45, 2.75) is 104 Å². The molecule has 3 saturated carbocycles. The van der Waals surface area contributed by atoms with E-state index in [1.165, 1.54) is 32.1 Å². The minimum atomic E-state index is -0.138. The highest BCUT2D eigenvalue weighted by atomic mass is 16.3. The molecule has 0 radical (unpaired) electrons. The molecule has 3 nitrogen and oxygen atoms in total. The first-order valence-electron chi connectivity index (χ1n) is 13.0. The van der Waals surface area contributed by atoms with Gasteiger partial charge in [0.2, 0.25) is 0 Å². The van der Waals surface area contributed by atoms with Gasteiger partial charge in [-0.1, -0.05) is 39.3 Å². The van der Waals surface area contributed by atoms with Gasteiger partial charge in [0.15, 0.2) is 0 Å². The van der Waals surface area contributed by atoms with Gasteiger partial charge in [0.25, 0.3) is 0 Å². The van der Waals surface area contributed by atoms with E-state index >= 15 is 0 Å². The molecule has 4 fully saturated rings. The largest absolute Gasteiger partial charge is 0.393 e. The number of hydrogen-bond donors (Lipinski definition) is 3. The lowest BCUT2D eigenvalue weighted by molar-refractivity contribution is -0.0655. The summed E-state index contributed by atoms with van der Waals surface area (Å²) < 4.78 is 0. The van der Waals surface area contributed by atoms with Crippen LogP contribution in [-0.2, 0) is 0 Å². The van der Waals surface area contributed by atoms with Crippen LogP contribution in [0.15, 0.2) is 11.6 Å². The molecule has 170 valence electrons. The molecule has 5 aliphatic rings. The van der Waals surface area contributed by atoms with Crippen molar-refractivity contribution in [3.8, 4) is 0 Å². The first-order valence-corrected chi connectivity index (χ1v) is 13.0. The van der Waals surface area contributed by atoms with E-state index in [1.54, 1.807) is 5.57 Å². The van der Waals surface area contributed by atoms with Crippen LogP contribution in [0.5, 0.6) is 0 Å². The summed E-state index contributed by atoms with van der Waals surface area (Å²) in [6.07, 6.45) is 12.6. The highest BCUT2D eigenvalue weighted by molar-refractivity contribution is 5.25. The lowest BCUT2D eigenvalue weighted by atomic mass is 9.47. The van der Waals surface area contributed by atoms with E-state index in [-0.39, 0.29) is 17.6 Å². The van der Waals surface area contributed by atoms with Crippen molar-refractivity contribution in [3.05, 3.63) is 11.6 Å². The van der Waals surface area contributed by atoms with Gasteiger partial charge in [0.05, 0.1) is 12.2 Å². The third-order valence-electron chi connectivity index (χ3n) is 11.1. The fourth-order valence-electron chi connectivity index (χ4n) is 9.36. The van der Waals surface area contributed by atoms with E-state index in [0.29, 0.717) is 29.2 Å². The molecule has 3 heteroatoms. The molecular formula is C27H45NO2. The molecule has 0 aromatic heterocycles. The lowest BCUT2D eigenvalue weighted by Gasteiger charge is -2.58. The SMILES string of the molecule is C[C@H]1CC[C@H]([C@@H](C)[C@H]2[C@H](O)C[C@H]3[C@@H]4CC=C5C[C@@H](O)CC[C@]5(C)[C@H]4CC[C@]23C)NC1. The third kappa shape index (κ3) is 3.17. The zero-order valence-corrected chi connectivity index (χ0v) is 19.7. The van der Waals surface area contributed by atoms with Crippen molar-refractivity contribution in [1.29, 1.82) is 0 Å². The van der Waals surface area contributed by atoms with Crippen molar-refractivity contribution in [1.82, 2.24) is 5.32 Å². The second-order valence-electron chi connectivity index (χ2n) is 12.6. The topological polar surface area (TPSA) is 52.5 Å². The van der Waals surface area contributed by atoms with Crippen LogP contribution in [0.2, 0.25) is 0 Å². The molecule has 1 saturated heterocycles. The summed E-state index contributed by atoms with van der Waals surface area (Å²) in [5.74, 6) is 3.90. The smallest absolute Gasteiger partial charge is 0.0579 e. The predicted molar refractivity (Wildman–Crippen MR) is 122 cm³/mol. The van der Waals surface area contributed by atoms with Crippen LogP contribution < -0.4 is 5.32 Å². The van der Waals surface area contributed by atoms with Gasteiger partial charge in [0, 0.05) is 6.04 Å². The number of hydrogen-bond acceptors (Lipinski definition) is 3. The van der Waals surface area contributed by atoms with Gasteiger partial charge in [-0.25, -0.2) is 0 Å². The van der Waals surface area contributed by atoms with E-state index in [4.69, 9.17) is 0 Å². The molecule has 5 rings (SSSR count). The Hall–Kier alpha value is -0.380. The number of allylic oxidation sites excluding steroid dienone is 1. The molecule has 3 N–H and O–H groups in total. The van der Waals surface area contributed by atoms with Gasteiger partial charge in [0.1, 0.15) is 0 Å². The summed E-state index contributed by atoms with van der Waals surface area (Å²) >= 11 is 0. The highest BCUT2D eigenvalue weighted by Crippen LogP contribution is 2.67. The molecule has 11 atom stereocenters. The fourth-order valence-corrected chi connectivity index (χ4v) is 9.36. The molecule has 0 bridgehead atoms. The molecule has 1 aliphatic heterocycles. The van der Waals surface area contributed by atoms with Crippen LogP contribution in [0.25, 0.3) is 0 Å². The minimum absolute atomic E-state index is 0.126. The molecule has 0 aromatic rings. The van der Waals surface area contributed by atoms with Crippen LogP contribution in [0.1, 0.15) is 85.5 Å². The number of aliphatic hydroxyl groups is 2. The van der Waals surface area contributed by atoms with Crippen molar-refractivity contribution in [2.75, 3.05) is 6.54 Å². The monoisotopic (exact) mass is 415 g/mol. The van der Waals surface area contributed by atoms with Crippen LogP contribution in [0.4, 0.5) is 0 Å². The maximum Gasteiger partial charge on any atom is 0.0579 e. The summed E-state index contributed by atoms with van der Waals surface area (Å²) in [7, 11) is 0. The van der Waals surface area contributed by atoms with Crippen molar-refractivity contribution < 1.29 is 10.2 Å². The van der Waals surface area contributed by atoms with E-state index in [0.717, 1.165) is 50.0 Å². The maximum absolute atomic E-state index is 11.4. The standard InChI is InChI=1S/C27H45NO2/c1-16-5-8-23(28-15-16)17(2)25-24(30)14-22-20-7-6-18-13-19(29)9-11-26(18,3)21(20)10-12-27(22,25)4/h6,16-17,19-25,28-30H,5,7-15H2,1-4H3/t16-,17+,19-,20+,21-,22-,23+,24+,25-,26-,27-/m0/s1. The number of nitrogens with one attached hydrogen (secondary N) is 1. The summed E-state index contributed by atoms with van der Waals surface area (Å²) in [4.78, 5) is 0. The average Bonchev–Trinajstić information content (AvgIpc) is 2.98. The summed E-state index contributed by atoms with van der Waals surface area (Å²) in [5, 5.41) is 25.5. The van der Waals surface area contributed by atoms with Crippen molar-refractivity contribution in [3.63, 3.8) is 0 Å². The highest BCUT2D eigenvalue weighted by Gasteiger charge is 2.62. The van der Waals surface area contributed by atoms with Gasteiger partial charge in [-0.3, -0.25) is 0 Å². The number of rotatable bonds is 2. The zero-order chi connectivity index (χ0) is 21.3. The number of piperidine rings is 1. The lowest BCUT2D eigenvalue weighted by Crippen LogP contribution is -2.53. The summed E-state index contributed by atoms with van der Waals surface area (Å²) in [5.41, 5.74) is 2.12. The van der Waals surface area contributed by atoms with Crippen molar-refractivity contribution in [2.24, 2.45) is 46.3 Å². The molecule has 0 aromatic carbocycles. The Labute approximate surface area is 184 Å². The van der Waals surface area contributed by atoms with Gasteiger partial charge >= 0.3 is 0 Å². The average molecular weight is 416 g/mol. The molecule has 0 unspecified atom stereocenters. The Balaban J connectivity index is 1.39. The minimum Gasteiger partial charge on any atom is -0.393 e. The van der Waals surface area contributed by atoms with E-state index in [1.807, 2.05) is 0 Å². The maximum atomic E-state index is 11.4. The van der Waals surface area contributed by atoms with E-state index in [2.05, 4.69) is 39.1 Å².